The third-order valence-corrected chi connectivity index (χ3v) is 3.05. The summed E-state index contributed by atoms with van der Waals surface area (Å²) in [5.41, 5.74) is 0. The molecule has 2 nitrogen and oxygen atoms in total. The molecular formula is C3H8O2S2. The summed E-state index contributed by atoms with van der Waals surface area (Å²) in [5, 5.41) is -0.365. The van der Waals surface area contributed by atoms with Crippen LogP contribution in [0.3, 0.4) is 0 Å². The summed E-state index contributed by atoms with van der Waals surface area (Å²) in [6.07, 6.45) is 0. The molecule has 0 N–H and O–H groups in total. The lowest BCUT2D eigenvalue weighted by atomic mass is 10.6. The SMILES string of the molecule is CC(C)S(=O)(=O)S. The Balaban J connectivity index is 4.10. The van der Waals surface area contributed by atoms with Gasteiger partial charge in [-0.15, -0.1) is 0 Å². The van der Waals surface area contributed by atoms with E-state index in [4.69, 9.17) is 0 Å². The third-order valence-electron chi connectivity index (χ3n) is 0.596. The first-order valence-corrected chi connectivity index (χ1v) is 4.50. The van der Waals surface area contributed by atoms with Crippen LogP contribution in [0.25, 0.3) is 0 Å². The zero-order chi connectivity index (χ0) is 6.08. The van der Waals surface area contributed by atoms with Crippen molar-refractivity contribution in [3.05, 3.63) is 0 Å². The molecule has 0 fully saturated rings. The van der Waals surface area contributed by atoms with Crippen molar-refractivity contribution in [1.29, 1.82) is 0 Å². The summed E-state index contributed by atoms with van der Waals surface area (Å²) in [7, 11) is -3.05. The number of hydrogen-bond acceptors (Lipinski definition) is 2. The molecule has 0 bridgehead atoms. The maximum absolute atomic E-state index is 10.2. The first-order chi connectivity index (χ1) is 2.94. The standard InChI is InChI=1S/C3H8O2S2/c1-3(2)7(4,5)6/h3H,1-2H3,(H,4,5,6). The van der Waals surface area contributed by atoms with Crippen LogP contribution in [0.4, 0.5) is 0 Å². The Morgan fingerprint density at radius 3 is 1.57 bits per heavy atom. The number of thiol groups is 1. The molecule has 0 amide bonds. The normalized spacial score (nSPS) is 12.6. The zero-order valence-electron chi connectivity index (χ0n) is 4.25. The fourth-order valence-electron chi connectivity index (χ4n) is 0. The number of hydrogen-bond donors (Lipinski definition) is 1. The van der Waals surface area contributed by atoms with E-state index in [-0.39, 0.29) is 5.25 Å². The molecule has 0 aromatic carbocycles. The molecular weight excluding hydrogens is 132 g/mol. The highest BCUT2D eigenvalue weighted by atomic mass is 33.1. The Morgan fingerprint density at radius 2 is 1.57 bits per heavy atom. The molecule has 0 aliphatic heterocycles. The average Bonchev–Trinajstić information content (AvgIpc) is 1.31. The average molecular weight is 140 g/mol. The van der Waals surface area contributed by atoms with Gasteiger partial charge < -0.3 is 0 Å². The van der Waals surface area contributed by atoms with Crippen LogP contribution in [-0.4, -0.2) is 13.7 Å². The fourth-order valence-corrected chi connectivity index (χ4v) is 0. The van der Waals surface area contributed by atoms with Gasteiger partial charge in [-0.3, -0.25) is 0 Å². The van der Waals surface area contributed by atoms with E-state index in [1.54, 1.807) is 13.8 Å². The third kappa shape index (κ3) is 2.93. The number of rotatable bonds is 1. The zero-order valence-corrected chi connectivity index (χ0v) is 5.96. The minimum atomic E-state index is -3.05. The molecule has 0 radical (unpaired) electrons. The Labute approximate surface area is 48.6 Å². The second-order valence-electron chi connectivity index (χ2n) is 1.56. The predicted molar refractivity (Wildman–Crippen MR) is 33.0 cm³/mol. The molecule has 0 aliphatic carbocycles. The molecule has 0 rings (SSSR count). The molecule has 0 spiro atoms. The van der Waals surface area contributed by atoms with E-state index in [0.29, 0.717) is 0 Å². The van der Waals surface area contributed by atoms with E-state index < -0.39 is 8.87 Å². The van der Waals surface area contributed by atoms with Gasteiger partial charge in [-0.1, -0.05) is 0 Å². The van der Waals surface area contributed by atoms with Crippen molar-refractivity contribution < 1.29 is 8.42 Å². The lowest BCUT2D eigenvalue weighted by Gasteiger charge is -1.95. The van der Waals surface area contributed by atoms with Crippen molar-refractivity contribution in [2.24, 2.45) is 0 Å². The van der Waals surface area contributed by atoms with Crippen LogP contribution < -0.4 is 0 Å². The van der Waals surface area contributed by atoms with E-state index in [9.17, 15) is 8.42 Å². The largest absolute Gasteiger partial charge is 0.217 e. The van der Waals surface area contributed by atoms with Crippen LogP contribution in [0.2, 0.25) is 0 Å². The topological polar surface area (TPSA) is 34.1 Å². The summed E-state index contributed by atoms with van der Waals surface area (Å²) >= 11 is 3.32. The van der Waals surface area contributed by atoms with Crippen LogP contribution in [-0.2, 0) is 8.87 Å². The molecule has 0 aromatic rings. The summed E-state index contributed by atoms with van der Waals surface area (Å²) in [5.74, 6) is 0. The minimum Gasteiger partial charge on any atom is -0.217 e. The highest BCUT2D eigenvalue weighted by Crippen LogP contribution is 2.02. The molecule has 0 saturated carbocycles. The van der Waals surface area contributed by atoms with Crippen molar-refractivity contribution in [1.82, 2.24) is 0 Å². The van der Waals surface area contributed by atoms with Gasteiger partial charge in [0, 0.05) is 0 Å². The van der Waals surface area contributed by atoms with Gasteiger partial charge in [0.25, 0.3) is 0 Å². The van der Waals surface area contributed by atoms with Crippen molar-refractivity contribution in [3.8, 4) is 0 Å². The van der Waals surface area contributed by atoms with Gasteiger partial charge in [-0.25, -0.2) is 8.42 Å². The van der Waals surface area contributed by atoms with Crippen molar-refractivity contribution in [2.45, 2.75) is 19.1 Å². The molecule has 44 valence electrons. The Bertz CT molecular complexity index is 133. The first kappa shape index (κ1) is 7.30. The van der Waals surface area contributed by atoms with E-state index in [1.165, 1.54) is 0 Å². The van der Waals surface area contributed by atoms with Crippen LogP contribution in [0.5, 0.6) is 0 Å². The van der Waals surface area contributed by atoms with Crippen LogP contribution in [0.15, 0.2) is 0 Å². The molecule has 7 heavy (non-hydrogen) atoms. The second-order valence-corrected chi connectivity index (χ2v) is 5.06. The predicted octanol–water partition coefficient (Wildman–Crippen LogP) is 0.654. The summed E-state index contributed by atoms with van der Waals surface area (Å²) in [4.78, 5) is 0. The monoisotopic (exact) mass is 140 g/mol. The van der Waals surface area contributed by atoms with Gasteiger partial charge in [0.15, 0.2) is 0 Å². The fraction of sp³-hybridized carbons (Fsp3) is 1.00. The molecule has 0 aromatic heterocycles. The van der Waals surface area contributed by atoms with Gasteiger partial charge in [0.1, 0.15) is 0 Å². The molecule has 0 unspecified atom stereocenters. The van der Waals surface area contributed by atoms with Crippen LogP contribution in [0, 0.1) is 0 Å². The quantitative estimate of drug-likeness (QED) is 0.429. The molecule has 0 heterocycles. The van der Waals surface area contributed by atoms with Gasteiger partial charge in [0.05, 0.1) is 5.25 Å². The van der Waals surface area contributed by atoms with Gasteiger partial charge in [-0.05, 0) is 25.5 Å². The smallest absolute Gasteiger partial charge is 0.201 e. The van der Waals surface area contributed by atoms with Gasteiger partial charge in [0.2, 0.25) is 8.87 Å². The Morgan fingerprint density at radius 1 is 1.43 bits per heavy atom. The highest BCUT2D eigenvalue weighted by molar-refractivity contribution is 8.63. The minimum absolute atomic E-state index is 0.365. The lowest BCUT2D eigenvalue weighted by Crippen LogP contribution is -2.04. The van der Waals surface area contributed by atoms with Crippen molar-refractivity contribution >= 4 is 20.5 Å². The molecule has 0 saturated heterocycles. The van der Waals surface area contributed by atoms with Crippen LogP contribution in [0.1, 0.15) is 13.8 Å². The molecule has 0 aliphatic rings. The van der Waals surface area contributed by atoms with Gasteiger partial charge >= 0.3 is 0 Å². The first-order valence-electron chi connectivity index (χ1n) is 1.91. The highest BCUT2D eigenvalue weighted by Gasteiger charge is 2.07. The van der Waals surface area contributed by atoms with Crippen LogP contribution >= 0.6 is 11.7 Å². The molecule has 0 atom stereocenters. The van der Waals surface area contributed by atoms with Crippen molar-refractivity contribution in [3.63, 3.8) is 0 Å². The van der Waals surface area contributed by atoms with E-state index >= 15 is 0 Å². The summed E-state index contributed by atoms with van der Waals surface area (Å²) in [6.45, 7) is 3.17. The second kappa shape index (κ2) is 2.05. The maximum Gasteiger partial charge on any atom is 0.201 e. The van der Waals surface area contributed by atoms with Crippen molar-refractivity contribution in [2.75, 3.05) is 0 Å². The van der Waals surface area contributed by atoms with E-state index in [0.717, 1.165) is 0 Å². The van der Waals surface area contributed by atoms with Gasteiger partial charge in [-0.2, -0.15) is 0 Å². The van der Waals surface area contributed by atoms with E-state index in [2.05, 4.69) is 11.7 Å². The summed E-state index contributed by atoms with van der Waals surface area (Å²) < 4.78 is 20.4. The maximum atomic E-state index is 10.2. The Hall–Kier alpha value is 0.300. The Kier molecular flexibility index (Phi) is 2.13. The summed E-state index contributed by atoms with van der Waals surface area (Å²) in [6, 6.07) is 0. The van der Waals surface area contributed by atoms with E-state index in [1.807, 2.05) is 0 Å². The molecule has 4 heteroatoms. The lowest BCUT2D eigenvalue weighted by molar-refractivity contribution is 0.603.